The lowest BCUT2D eigenvalue weighted by atomic mass is 10.3. The number of amides is 1. The molecule has 0 aliphatic heterocycles. The molecular weight excluding hydrogens is 421 g/mol. The minimum absolute atomic E-state index is 0.303. The van der Waals surface area contributed by atoms with Crippen molar-refractivity contribution in [1.82, 2.24) is 9.62 Å². The first kappa shape index (κ1) is 22.5. The Labute approximate surface area is 167 Å². The summed E-state index contributed by atoms with van der Waals surface area (Å²) in [6.45, 7) is 1.89. The number of rotatable bonds is 8. The summed E-state index contributed by atoms with van der Waals surface area (Å²) in [7, 11) is 4.87. The van der Waals surface area contributed by atoms with E-state index in [9.17, 15) is 9.18 Å². The Balaban J connectivity index is 0.00000105. The molecule has 0 unspecified atom stereocenters. The first-order chi connectivity index (χ1) is 12.5. The van der Waals surface area contributed by atoms with E-state index in [0.717, 1.165) is 5.70 Å². The fraction of sp³-hybridized carbons (Fsp3) is 0.389. The summed E-state index contributed by atoms with van der Waals surface area (Å²) >= 11 is 4.85. The summed E-state index contributed by atoms with van der Waals surface area (Å²) < 4.78 is 22.3. The zero-order valence-electron chi connectivity index (χ0n) is 15.4. The molecule has 1 fully saturated rings. The standard InChI is InChI=1S/C16H19BrFN3OS.C2H6O/c1-3-4-15(20-23-12-6-7-12)16(21(2)10-22)19-14-8-5-11(17)9-13(14)18;1-3-2/h3-5,8-10,12,19-20H,6-7H2,1-2H3;1-2H3/b4-3-,16-15+;. The SMILES string of the molecule is C/C=C\C(NSC1CC1)=C(\Nc1ccc(Br)cc1F)N(C)C=O.COC. The highest BCUT2D eigenvalue weighted by atomic mass is 79.9. The van der Waals surface area contributed by atoms with Crippen molar-refractivity contribution >= 4 is 40.0 Å². The highest BCUT2D eigenvalue weighted by Crippen LogP contribution is 2.33. The molecule has 1 aliphatic rings. The average Bonchev–Trinajstić information content (AvgIpc) is 3.43. The number of nitrogens with one attached hydrogen (secondary N) is 2. The van der Waals surface area contributed by atoms with Crippen molar-refractivity contribution in [3.05, 3.63) is 52.2 Å². The predicted octanol–water partition coefficient (Wildman–Crippen LogP) is 4.50. The molecular formula is C18H25BrFN3O2S. The quantitative estimate of drug-likeness (QED) is 0.350. The molecule has 144 valence electrons. The number of halogens is 2. The van der Waals surface area contributed by atoms with Crippen molar-refractivity contribution < 1.29 is 13.9 Å². The van der Waals surface area contributed by atoms with Crippen LogP contribution in [0, 0.1) is 5.82 Å². The molecule has 0 heterocycles. The lowest BCUT2D eigenvalue weighted by Crippen LogP contribution is -2.26. The van der Waals surface area contributed by atoms with Gasteiger partial charge in [-0.25, -0.2) is 4.39 Å². The van der Waals surface area contributed by atoms with Crippen LogP contribution >= 0.6 is 27.9 Å². The third kappa shape index (κ3) is 7.80. The highest BCUT2D eigenvalue weighted by molar-refractivity contribution is 9.10. The van der Waals surface area contributed by atoms with Crippen molar-refractivity contribution in [2.45, 2.75) is 25.0 Å². The van der Waals surface area contributed by atoms with E-state index in [1.54, 1.807) is 45.3 Å². The molecule has 1 aliphatic carbocycles. The van der Waals surface area contributed by atoms with Crippen LogP contribution in [0.1, 0.15) is 19.8 Å². The molecule has 1 amide bonds. The minimum atomic E-state index is -0.397. The third-order valence-electron chi connectivity index (χ3n) is 3.14. The van der Waals surface area contributed by atoms with Gasteiger partial charge in [-0.05, 0) is 56.0 Å². The van der Waals surface area contributed by atoms with E-state index >= 15 is 0 Å². The molecule has 2 N–H and O–H groups in total. The summed E-state index contributed by atoms with van der Waals surface area (Å²) in [6.07, 6.45) is 6.79. The molecule has 5 nitrogen and oxygen atoms in total. The van der Waals surface area contributed by atoms with Gasteiger partial charge in [0.05, 0.1) is 11.4 Å². The molecule has 1 saturated carbocycles. The van der Waals surface area contributed by atoms with E-state index in [1.807, 2.05) is 19.1 Å². The number of nitrogens with zero attached hydrogens (tertiary/aromatic N) is 1. The van der Waals surface area contributed by atoms with Crippen molar-refractivity contribution in [3.63, 3.8) is 0 Å². The molecule has 2 rings (SSSR count). The number of methoxy groups -OCH3 is 1. The van der Waals surface area contributed by atoms with Crippen LogP contribution in [0.2, 0.25) is 0 Å². The van der Waals surface area contributed by atoms with Gasteiger partial charge in [0, 0.05) is 31.0 Å². The van der Waals surface area contributed by atoms with Gasteiger partial charge < -0.3 is 19.7 Å². The van der Waals surface area contributed by atoms with Crippen LogP contribution in [0.25, 0.3) is 0 Å². The van der Waals surface area contributed by atoms with Crippen molar-refractivity contribution in [3.8, 4) is 0 Å². The first-order valence-electron chi connectivity index (χ1n) is 8.05. The molecule has 0 bridgehead atoms. The summed E-state index contributed by atoms with van der Waals surface area (Å²) in [5.41, 5.74) is 1.03. The Bertz CT molecular complexity index is 651. The minimum Gasteiger partial charge on any atom is -0.388 e. The first-order valence-corrected chi connectivity index (χ1v) is 9.73. The van der Waals surface area contributed by atoms with E-state index in [-0.39, 0.29) is 0 Å². The number of ether oxygens (including phenoxy) is 1. The third-order valence-corrected chi connectivity index (χ3v) is 4.78. The summed E-state index contributed by atoms with van der Waals surface area (Å²) in [5, 5.41) is 3.61. The number of carbonyl (C=O) groups excluding carboxylic acids is 1. The Hall–Kier alpha value is -1.51. The maximum absolute atomic E-state index is 14.1. The lowest BCUT2D eigenvalue weighted by molar-refractivity contribution is -0.115. The van der Waals surface area contributed by atoms with E-state index < -0.39 is 5.82 Å². The van der Waals surface area contributed by atoms with Gasteiger partial charge in [-0.2, -0.15) is 0 Å². The maximum Gasteiger partial charge on any atom is 0.215 e. The number of hydrogen-bond donors (Lipinski definition) is 2. The number of hydrogen-bond acceptors (Lipinski definition) is 5. The molecule has 1 aromatic rings. The lowest BCUT2D eigenvalue weighted by Gasteiger charge is -2.22. The van der Waals surface area contributed by atoms with Gasteiger partial charge in [-0.3, -0.25) is 4.79 Å². The molecule has 0 saturated heterocycles. The zero-order chi connectivity index (χ0) is 19.5. The molecule has 8 heteroatoms. The fourth-order valence-electron chi connectivity index (χ4n) is 1.78. The molecule has 0 radical (unpaired) electrons. The smallest absolute Gasteiger partial charge is 0.215 e. The Morgan fingerprint density at radius 1 is 1.42 bits per heavy atom. The van der Waals surface area contributed by atoms with Crippen LogP contribution in [-0.4, -0.2) is 37.8 Å². The maximum atomic E-state index is 14.1. The zero-order valence-corrected chi connectivity index (χ0v) is 17.8. The molecule has 0 atom stereocenters. The van der Waals surface area contributed by atoms with Gasteiger partial charge >= 0.3 is 0 Å². The monoisotopic (exact) mass is 445 g/mol. The van der Waals surface area contributed by atoms with Gasteiger partial charge in [0.15, 0.2) is 0 Å². The van der Waals surface area contributed by atoms with Crippen molar-refractivity contribution in [1.29, 1.82) is 0 Å². The second kappa shape index (κ2) is 12.0. The van der Waals surface area contributed by atoms with Crippen molar-refractivity contribution in [2.24, 2.45) is 0 Å². The summed E-state index contributed by atoms with van der Waals surface area (Å²) in [5.74, 6) is 0.0957. The second-order valence-corrected chi connectivity index (χ2v) is 7.58. The molecule has 0 aromatic heterocycles. The summed E-state index contributed by atoms with van der Waals surface area (Å²) in [4.78, 5) is 12.6. The van der Waals surface area contributed by atoms with Gasteiger partial charge in [-0.1, -0.05) is 22.0 Å². The van der Waals surface area contributed by atoms with Gasteiger partial charge in [-0.15, -0.1) is 0 Å². The van der Waals surface area contributed by atoms with E-state index in [2.05, 4.69) is 30.7 Å². The van der Waals surface area contributed by atoms with Crippen LogP contribution in [-0.2, 0) is 9.53 Å². The van der Waals surface area contributed by atoms with Crippen LogP contribution in [0.5, 0.6) is 0 Å². The fourth-order valence-corrected chi connectivity index (χ4v) is 2.94. The Morgan fingerprint density at radius 2 is 2.08 bits per heavy atom. The second-order valence-electron chi connectivity index (χ2n) is 5.56. The summed E-state index contributed by atoms with van der Waals surface area (Å²) in [6, 6.07) is 4.74. The molecule has 0 spiro atoms. The van der Waals surface area contributed by atoms with Crippen LogP contribution in [0.3, 0.4) is 0 Å². The normalized spacial score (nSPS) is 14.2. The van der Waals surface area contributed by atoms with E-state index in [4.69, 9.17) is 0 Å². The number of anilines is 1. The van der Waals surface area contributed by atoms with E-state index in [1.165, 1.54) is 23.8 Å². The molecule has 26 heavy (non-hydrogen) atoms. The Morgan fingerprint density at radius 3 is 2.58 bits per heavy atom. The van der Waals surface area contributed by atoms with Gasteiger partial charge in [0.1, 0.15) is 11.6 Å². The largest absolute Gasteiger partial charge is 0.388 e. The van der Waals surface area contributed by atoms with Gasteiger partial charge in [0.25, 0.3) is 0 Å². The Kier molecular flexibility index (Phi) is 10.4. The van der Waals surface area contributed by atoms with Crippen LogP contribution in [0.4, 0.5) is 10.1 Å². The number of allylic oxidation sites excluding steroid dienone is 2. The predicted molar refractivity (Wildman–Crippen MR) is 110 cm³/mol. The van der Waals surface area contributed by atoms with Gasteiger partial charge in [0.2, 0.25) is 6.41 Å². The van der Waals surface area contributed by atoms with Crippen LogP contribution in [0.15, 0.2) is 46.3 Å². The molecule has 1 aromatic carbocycles. The number of carbonyl (C=O) groups is 1. The highest BCUT2D eigenvalue weighted by Gasteiger charge is 2.23. The van der Waals surface area contributed by atoms with E-state index in [0.29, 0.717) is 27.6 Å². The number of benzene rings is 1. The topological polar surface area (TPSA) is 53.6 Å². The average molecular weight is 446 g/mol. The van der Waals surface area contributed by atoms with Crippen molar-refractivity contribution in [2.75, 3.05) is 26.6 Å². The van der Waals surface area contributed by atoms with Crippen LogP contribution < -0.4 is 10.0 Å².